The minimum atomic E-state index is 0.852. The molecule has 0 aliphatic rings. The average Bonchev–Trinajstić information content (AvgIpc) is 2.33. The van der Waals surface area contributed by atoms with E-state index in [4.69, 9.17) is 0 Å². The Morgan fingerprint density at radius 1 is 0.611 bits per heavy atom. The molecule has 0 bridgehead atoms. The smallest absolute Gasteiger partial charge is 0.0445 e. The summed E-state index contributed by atoms with van der Waals surface area (Å²) in [7, 11) is 0. The SMILES string of the molecule is CC(C)C(C)C.CCCCCCCCC(C)CC. The molecule has 0 aromatic heterocycles. The van der Waals surface area contributed by atoms with E-state index >= 15 is 0 Å². The Labute approximate surface area is 118 Å². The second-order valence-electron chi connectivity index (χ2n) is 6.56. The van der Waals surface area contributed by atoms with Crippen molar-refractivity contribution in [2.24, 2.45) is 17.8 Å². The molecule has 0 aromatic carbocycles. The van der Waals surface area contributed by atoms with Crippen LogP contribution in [-0.2, 0) is 0 Å². The van der Waals surface area contributed by atoms with Crippen molar-refractivity contribution in [3.05, 3.63) is 0 Å². The molecular formula is C18H40. The van der Waals surface area contributed by atoms with Crippen LogP contribution >= 0.6 is 0 Å². The highest BCUT2D eigenvalue weighted by Gasteiger charge is 1.97. The molecule has 0 aliphatic heterocycles. The zero-order chi connectivity index (χ0) is 14.4. The third kappa shape index (κ3) is 18.4. The maximum atomic E-state index is 2.37. The van der Waals surface area contributed by atoms with Gasteiger partial charge in [-0.3, -0.25) is 0 Å². The molecule has 1 unspecified atom stereocenters. The van der Waals surface area contributed by atoms with Crippen molar-refractivity contribution < 1.29 is 0 Å². The van der Waals surface area contributed by atoms with Crippen molar-refractivity contribution in [2.45, 2.75) is 99.8 Å². The van der Waals surface area contributed by atoms with Gasteiger partial charge in [0.1, 0.15) is 0 Å². The van der Waals surface area contributed by atoms with Gasteiger partial charge in [-0.2, -0.15) is 0 Å². The fraction of sp³-hybridized carbons (Fsp3) is 1.00. The van der Waals surface area contributed by atoms with E-state index in [1.165, 1.54) is 51.4 Å². The predicted molar refractivity (Wildman–Crippen MR) is 87.1 cm³/mol. The number of hydrogen-bond acceptors (Lipinski definition) is 0. The highest BCUT2D eigenvalue weighted by atomic mass is 14.0. The van der Waals surface area contributed by atoms with Crippen LogP contribution in [0.1, 0.15) is 99.8 Å². The summed E-state index contributed by atoms with van der Waals surface area (Å²) in [6.45, 7) is 15.9. The summed E-state index contributed by atoms with van der Waals surface area (Å²) in [4.78, 5) is 0. The Hall–Kier alpha value is 0. The average molecular weight is 257 g/mol. The first-order chi connectivity index (χ1) is 8.45. The van der Waals surface area contributed by atoms with Gasteiger partial charge in [-0.1, -0.05) is 99.8 Å². The molecule has 0 rings (SSSR count). The third-order valence-corrected chi connectivity index (χ3v) is 4.08. The molecule has 0 heterocycles. The van der Waals surface area contributed by atoms with Crippen molar-refractivity contribution >= 4 is 0 Å². The van der Waals surface area contributed by atoms with Crippen LogP contribution in [-0.4, -0.2) is 0 Å². The number of rotatable bonds is 9. The summed E-state index contributed by atoms with van der Waals surface area (Å²) < 4.78 is 0. The van der Waals surface area contributed by atoms with Gasteiger partial charge in [-0.25, -0.2) is 0 Å². The van der Waals surface area contributed by atoms with Crippen LogP contribution in [0.15, 0.2) is 0 Å². The second kappa shape index (κ2) is 15.1. The number of hydrogen-bond donors (Lipinski definition) is 0. The van der Waals surface area contributed by atoms with Crippen molar-refractivity contribution in [1.82, 2.24) is 0 Å². The first-order valence-electron chi connectivity index (χ1n) is 8.45. The number of unbranched alkanes of at least 4 members (excludes halogenated alkanes) is 5. The molecule has 0 aromatic rings. The summed E-state index contributed by atoms with van der Waals surface area (Å²) in [6, 6.07) is 0. The quantitative estimate of drug-likeness (QED) is 0.387. The first-order valence-corrected chi connectivity index (χ1v) is 8.45. The van der Waals surface area contributed by atoms with Crippen LogP contribution in [0.2, 0.25) is 0 Å². The van der Waals surface area contributed by atoms with E-state index in [2.05, 4.69) is 48.5 Å². The maximum Gasteiger partial charge on any atom is -0.0445 e. The Bertz CT molecular complexity index is 129. The van der Waals surface area contributed by atoms with E-state index in [-0.39, 0.29) is 0 Å². The van der Waals surface area contributed by atoms with Crippen molar-refractivity contribution in [3.63, 3.8) is 0 Å². The molecule has 18 heavy (non-hydrogen) atoms. The molecule has 1 atom stereocenters. The van der Waals surface area contributed by atoms with Gasteiger partial charge in [0.25, 0.3) is 0 Å². The normalized spacial score (nSPS) is 12.5. The second-order valence-corrected chi connectivity index (χ2v) is 6.56. The van der Waals surface area contributed by atoms with E-state index in [1.54, 1.807) is 0 Å². The Kier molecular flexibility index (Phi) is 17.0. The summed E-state index contributed by atoms with van der Waals surface area (Å²) in [6.07, 6.45) is 11.4. The van der Waals surface area contributed by atoms with E-state index in [1.807, 2.05) is 0 Å². The summed E-state index contributed by atoms with van der Waals surface area (Å²) >= 11 is 0. The van der Waals surface area contributed by atoms with Gasteiger partial charge in [-0.15, -0.1) is 0 Å². The molecule has 112 valence electrons. The van der Waals surface area contributed by atoms with Crippen LogP contribution in [0.25, 0.3) is 0 Å². The van der Waals surface area contributed by atoms with Crippen molar-refractivity contribution in [3.8, 4) is 0 Å². The molecule has 0 saturated carbocycles. The fourth-order valence-corrected chi connectivity index (χ4v) is 1.48. The highest BCUT2D eigenvalue weighted by Crippen LogP contribution is 2.13. The Morgan fingerprint density at radius 2 is 1.06 bits per heavy atom. The largest absolute Gasteiger partial charge is 0.0654 e. The van der Waals surface area contributed by atoms with Gasteiger partial charge < -0.3 is 0 Å². The fourth-order valence-electron chi connectivity index (χ4n) is 1.48. The van der Waals surface area contributed by atoms with E-state index in [0.29, 0.717) is 0 Å². The van der Waals surface area contributed by atoms with Crippen LogP contribution in [0.4, 0.5) is 0 Å². The Balaban J connectivity index is 0. The van der Waals surface area contributed by atoms with Crippen LogP contribution < -0.4 is 0 Å². The molecule has 0 amide bonds. The lowest BCUT2D eigenvalue weighted by Crippen LogP contribution is -1.95. The van der Waals surface area contributed by atoms with E-state index in [9.17, 15) is 0 Å². The van der Waals surface area contributed by atoms with Crippen LogP contribution in [0.5, 0.6) is 0 Å². The zero-order valence-corrected chi connectivity index (χ0v) is 14.4. The molecule has 0 N–H and O–H groups in total. The molecule has 0 fully saturated rings. The van der Waals surface area contributed by atoms with Crippen LogP contribution in [0, 0.1) is 17.8 Å². The predicted octanol–water partition coefficient (Wildman–Crippen LogP) is 7.08. The summed E-state index contributed by atoms with van der Waals surface area (Å²) in [5.41, 5.74) is 0. The van der Waals surface area contributed by atoms with E-state index < -0.39 is 0 Å². The lowest BCUT2D eigenvalue weighted by atomic mass is 10.00. The lowest BCUT2D eigenvalue weighted by molar-refractivity contribution is 0.457. The molecule has 0 aliphatic carbocycles. The summed E-state index contributed by atoms with van der Waals surface area (Å²) in [5, 5.41) is 0. The minimum absolute atomic E-state index is 0.852. The van der Waals surface area contributed by atoms with Gasteiger partial charge in [-0.05, 0) is 17.8 Å². The minimum Gasteiger partial charge on any atom is -0.0654 e. The van der Waals surface area contributed by atoms with E-state index in [0.717, 1.165) is 17.8 Å². The van der Waals surface area contributed by atoms with Crippen molar-refractivity contribution in [1.29, 1.82) is 0 Å². The molecular weight excluding hydrogens is 216 g/mol. The van der Waals surface area contributed by atoms with Gasteiger partial charge >= 0.3 is 0 Å². The molecule has 0 heteroatoms. The molecule has 0 nitrogen and oxygen atoms in total. The molecule has 0 radical (unpaired) electrons. The van der Waals surface area contributed by atoms with Crippen molar-refractivity contribution in [2.75, 3.05) is 0 Å². The highest BCUT2D eigenvalue weighted by molar-refractivity contribution is 4.51. The third-order valence-electron chi connectivity index (χ3n) is 4.08. The van der Waals surface area contributed by atoms with Crippen LogP contribution in [0.3, 0.4) is 0 Å². The maximum absolute atomic E-state index is 2.37. The van der Waals surface area contributed by atoms with Gasteiger partial charge in [0.15, 0.2) is 0 Å². The van der Waals surface area contributed by atoms with Gasteiger partial charge in [0, 0.05) is 0 Å². The first kappa shape index (κ1) is 20.3. The Morgan fingerprint density at radius 3 is 1.44 bits per heavy atom. The molecule has 0 saturated heterocycles. The zero-order valence-electron chi connectivity index (χ0n) is 14.4. The topological polar surface area (TPSA) is 0 Å². The summed E-state index contributed by atoms with van der Waals surface area (Å²) in [5.74, 6) is 2.66. The van der Waals surface area contributed by atoms with Gasteiger partial charge in [0.05, 0.1) is 0 Å². The monoisotopic (exact) mass is 256 g/mol. The standard InChI is InChI=1S/C12H26.C6H14/c1-4-6-7-8-9-10-11-12(3)5-2;1-5(2)6(3)4/h12H,4-11H2,1-3H3;5-6H,1-4H3. The molecule has 0 spiro atoms. The van der Waals surface area contributed by atoms with Gasteiger partial charge in [0.2, 0.25) is 0 Å². The lowest BCUT2D eigenvalue weighted by Gasteiger charge is -2.06.